The zero-order valence-electron chi connectivity index (χ0n) is 14.3. The molecule has 0 spiro atoms. The number of unbranched alkanes of at least 4 members (excludes halogenated alkanes) is 1. The van der Waals surface area contributed by atoms with Crippen LogP contribution in [0.5, 0.6) is 0 Å². The Morgan fingerprint density at radius 3 is 2.79 bits per heavy atom. The molecule has 0 heterocycles. The van der Waals surface area contributed by atoms with Crippen molar-refractivity contribution in [2.24, 2.45) is 11.8 Å². The van der Waals surface area contributed by atoms with Crippen LogP contribution in [-0.4, -0.2) is 28.1 Å². The van der Waals surface area contributed by atoms with Crippen LogP contribution >= 0.6 is 0 Å². The molecule has 0 aliphatic heterocycles. The van der Waals surface area contributed by atoms with Gasteiger partial charge in [0, 0.05) is 18.3 Å². The van der Waals surface area contributed by atoms with Gasteiger partial charge in [0.25, 0.3) is 0 Å². The number of aliphatic carboxylic acids is 1. The smallest absolute Gasteiger partial charge is 0.303 e. The topological polar surface area (TPSA) is 74.6 Å². The number of aliphatic hydroxyl groups is 1. The molecule has 4 heteroatoms. The van der Waals surface area contributed by atoms with Crippen molar-refractivity contribution in [2.45, 2.75) is 51.6 Å². The minimum absolute atomic E-state index is 0.0194. The Morgan fingerprint density at radius 2 is 2.08 bits per heavy atom. The number of ketones is 1. The SMILES string of the molecule is CC/C=C\C[C@H](O)/C=C/[C@H]1C=CC(=O)[C@H]1C/C=C\CCCC(=O)O. The molecule has 2 N–H and O–H groups in total. The summed E-state index contributed by atoms with van der Waals surface area (Å²) in [6.45, 7) is 2.05. The molecule has 0 fully saturated rings. The lowest BCUT2D eigenvalue weighted by atomic mass is 9.90. The van der Waals surface area contributed by atoms with Gasteiger partial charge in [0.05, 0.1) is 6.10 Å². The fourth-order valence-corrected chi connectivity index (χ4v) is 2.59. The number of allylic oxidation sites excluding steroid dienone is 6. The van der Waals surface area contributed by atoms with E-state index in [0.717, 1.165) is 6.42 Å². The van der Waals surface area contributed by atoms with Crippen molar-refractivity contribution in [2.75, 3.05) is 0 Å². The minimum Gasteiger partial charge on any atom is -0.481 e. The fraction of sp³-hybridized carbons (Fsp3) is 0.500. The molecule has 4 nitrogen and oxygen atoms in total. The second-order valence-corrected chi connectivity index (χ2v) is 6.01. The molecule has 1 aliphatic rings. The first-order valence-corrected chi connectivity index (χ1v) is 8.64. The van der Waals surface area contributed by atoms with Crippen molar-refractivity contribution in [3.63, 3.8) is 0 Å². The van der Waals surface area contributed by atoms with Crippen molar-refractivity contribution in [1.29, 1.82) is 0 Å². The van der Waals surface area contributed by atoms with Crippen LogP contribution in [0.4, 0.5) is 0 Å². The van der Waals surface area contributed by atoms with Gasteiger partial charge in [0.2, 0.25) is 0 Å². The maximum absolute atomic E-state index is 11.9. The van der Waals surface area contributed by atoms with Gasteiger partial charge in [-0.2, -0.15) is 0 Å². The van der Waals surface area contributed by atoms with E-state index in [0.29, 0.717) is 25.7 Å². The number of carboxylic acids is 1. The Balaban J connectivity index is 2.42. The second kappa shape index (κ2) is 11.6. The van der Waals surface area contributed by atoms with Crippen molar-refractivity contribution < 1.29 is 19.8 Å². The van der Waals surface area contributed by atoms with E-state index in [-0.39, 0.29) is 24.0 Å². The molecule has 0 amide bonds. The van der Waals surface area contributed by atoms with Crippen molar-refractivity contribution in [3.8, 4) is 0 Å². The van der Waals surface area contributed by atoms with Crippen LogP contribution in [0.2, 0.25) is 0 Å². The molecule has 0 aromatic heterocycles. The van der Waals surface area contributed by atoms with Gasteiger partial charge in [0.1, 0.15) is 0 Å². The summed E-state index contributed by atoms with van der Waals surface area (Å²) in [5.41, 5.74) is 0. The first kappa shape index (κ1) is 20.1. The molecular formula is C20H28O4. The van der Waals surface area contributed by atoms with Crippen LogP contribution in [-0.2, 0) is 9.59 Å². The highest BCUT2D eigenvalue weighted by molar-refractivity contribution is 5.95. The zero-order chi connectivity index (χ0) is 17.8. The van der Waals surface area contributed by atoms with Crippen molar-refractivity contribution in [3.05, 3.63) is 48.6 Å². The van der Waals surface area contributed by atoms with Crippen LogP contribution < -0.4 is 0 Å². The van der Waals surface area contributed by atoms with Gasteiger partial charge in [-0.3, -0.25) is 9.59 Å². The minimum atomic E-state index is -0.781. The monoisotopic (exact) mass is 332 g/mol. The first-order chi connectivity index (χ1) is 11.5. The Labute approximate surface area is 144 Å². The summed E-state index contributed by atoms with van der Waals surface area (Å²) in [5, 5.41) is 18.5. The molecule has 0 aromatic rings. The van der Waals surface area contributed by atoms with Crippen LogP contribution in [0.25, 0.3) is 0 Å². The Bertz CT molecular complexity index is 514. The fourth-order valence-electron chi connectivity index (χ4n) is 2.59. The van der Waals surface area contributed by atoms with Gasteiger partial charge >= 0.3 is 5.97 Å². The maximum Gasteiger partial charge on any atom is 0.303 e. The van der Waals surface area contributed by atoms with E-state index >= 15 is 0 Å². The number of carbonyl (C=O) groups is 2. The molecule has 132 valence electrons. The van der Waals surface area contributed by atoms with Gasteiger partial charge in [-0.05, 0) is 38.2 Å². The normalized spacial score (nSPS) is 22.3. The lowest BCUT2D eigenvalue weighted by Crippen LogP contribution is -2.14. The quantitative estimate of drug-likeness (QED) is 0.445. The lowest BCUT2D eigenvalue weighted by Gasteiger charge is -2.13. The molecule has 0 radical (unpaired) electrons. The lowest BCUT2D eigenvalue weighted by molar-refractivity contribution is -0.137. The number of aliphatic hydroxyl groups excluding tert-OH is 1. The van der Waals surface area contributed by atoms with E-state index in [2.05, 4.69) is 0 Å². The van der Waals surface area contributed by atoms with Gasteiger partial charge in [-0.25, -0.2) is 0 Å². The average molecular weight is 332 g/mol. The molecule has 0 unspecified atom stereocenters. The summed E-state index contributed by atoms with van der Waals surface area (Å²) >= 11 is 0. The molecule has 0 bridgehead atoms. The zero-order valence-corrected chi connectivity index (χ0v) is 14.3. The highest BCUT2D eigenvalue weighted by Crippen LogP contribution is 2.27. The van der Waals surface area contributed by atoms with E-state index in [1.807, 2.05) is 43.4 Å². The number of hydrogen-bond donors (Lipinski definition) is 2. The summed E-state index contributed by atoms with van der Waals surface area (Å²) in [7, 11) is 0. The highest BCUT2D eigenvalue weighted by Gasteiger charge is 2.27. The van der Waals surface area contributed by atoms with E-state index in [9.17, 15) is 14.7 Å². The Kier molecular flexibility index (Phi) is 9.70. The summed E-state index contributed by atoms with van der Waals surface area (Å²) in [6, 6.07) is 0. The largest absolute Gasteiger partial charge is 0.481 e. The third-order valence-electron chi connectivity index (χ3n) is 3.97. The molecule has 0 saturated heterocycles. The summed E-state index contributed by atoms with van der Waals surface area (Å²) < 4.78 is 0. The maximum atomic E-state index is 11.9. The van der Waals surface area contributed by atoms with Crippen LogP contribution in [0.15, 0.2) is 48.6 Å². The van der Waals surface area contributed by atoms with Crippen LogP contribution in [0, 0.1) is 11.8 Å². The average Bonchev–Trinajstić information content (AvgIpc) is 2.89. The van der Waals surface area contributed by atoms with E-state index in [1.54, 1.807) is 12.2 Å². The van der Waals surface area contributed by atoms with E-state index in [1.165, 1.54) is 0 Å². The number of hydrogen-bond acceptors (Lipinski definition) is 3. The molecule has 0 aromatic carbocycles. The summed E-state index contributed by atoms with van der Waals surface area (Å²) in [5.74, 6) is -0.766. The number of carboxylic acid groups (broad SMARTS) is 1. The third-order valence-corrected chi connectivity index (χ3v) is 3.97. The molecule has 0 saturated carbocycles. The van der Waals surface area contributed by atoms with Crippen LogP contribution in [0.3, 0.4) is 0 Å². The summed E-state index contributed by atoms with van der Waals surface area (Å²) in [4.78, 5) is 22.4. The van der Waals surface area contributed by atoms with Crippen molar-refractivity contribution >= 4 is 11.8 Å². The van der Waals surface area contributed by atoms with Gasteiger partial charge in [-0.1, -0.05) is 49.5 Å². The number of rotatable bonds is 11. The van der Waals surface area contributed by atoms with Gasteiger partial charge in [-0.15, -0.1) is 0 Å². The molecule has 1 rings (SSSR count). The number of carbonyl (C=O) groups excluding carboxylic acids is 1. The van der Waals surface area contributed by atoms with Gasteiger partial charge < -0.3 is 10.2 Å². The molecule has 1 aliphatic carbocycles. The Morgan fingerprint density at radius 1 is 1.29 bits per heavy atom. The van der Waals surface area contributed by atoms with E-state index < -0.39 is 12.1 Å². The third kappa shape index (κ3) is 8.06. The Hall–Kier alpha value is -1.94. The first-order valence-electron chi connectivity index (χ1n) is 8.64. The predicted octanol–water partition coefficient (Wildman–Crippen LogP) is 3.83. The molecule has 24 heavy (non-hydrogen) atoms. The van der Waals surface area contributed by atoms with Crippen molar-refractivity contribution in [1.82, 2.24) is 0 Å². The highest BCUT2D eigenvalue weighted by atomic mass is 16.4. The predicted molar refractivity (Wildman–Crippen MR) is 95.6 cm³/mol. The van der Waals surface area contributed by atoms with E-state index in [4.69, 9.17) is 5.11 Å². The molecule has 3 atom stereocenters. The second-order valence-electron chi connectivity index (χ2n) is 6.01. The summed E-state index contributed by atoms with van der Waals surface area (Å²) in [6.07, 6.45) is 18.2. The van der Waals surface area contributed by atoms with Gasteiger partial charge in [0.15, 0.2) is 5.78 Å². The van der Waals surface area contributed by atoms with Crippen LogP contribution in [0.1, 0.15) is 45.4 Å². The molecular weight excluding hydrogens is 304 g/mol. The standard InChI is InChI=1S/C20H28O4/c1-2-3-6-9-17(21)14-12-16-13-15-19(22)18(16)10-7-4-5-8-11-20(23)24/h3-4,6-7,12-18,21H,2,5,8-11H2,1H3,(H,23,24)/b6-3-,7-4-,14-12+/t16-,17-,18-/m0/s1.